The number of Topliss-reactive ketones (excluding diaryl/α,β-unsaturated/α-hetero) is 1. The number of carbonyl (C=O) groups excluding carboxylic acids is 1. The average molecular weight is 368 g/mol. The minimum Gasteiger partial charge on any atom is -0.339 e. The molecule has 0 fully saturated rings. The molecule has 26 heavy (non-hydrogen) atoms. The molecule has 0 atom stereocenters. The number of nitrogens with one attached hydrogen (secondary N) is 2. The Morgan fingerprint density at radius 1 is 1.00 bits per heavy atom. The van der Waals surface area contributed by atoms with Gasteiger partial charge in [-0.3, -0.25) is 9.59 Å². The summed E-state index contributed by atoms with van der Waals surface area (Å²) in [5.41, 5.74) is -2.59. The van der Waals surface area contributed by atoms with E-state index >= 15 is 0 Å². The van der Waals surface area contributed by atoms with Gasteiger partial charge in [0, 0.05) is 6.07 Å². The number of benzene rings is 2. The van der Waals surface area contributed by atoms with Gasteiger partial charge in [0.1, 0.15) is 23.0 Å². The summed E-state index contributed by atoms with van der Waals surface area (Å²) in [5, 5.41) is 1.82. The van der Waals surface area contributed by atoms with Crippen LogP contribution in [0, 0.1) is 29.1 Å². The Hall–Kier alpha value is -3.23. The van der Waals surface area contributed by atoms with Crippen LogP contribution in [0.1, 0.15) is 17.3 Å². The lowest BCUT2D eigenvalue weighted by molar-refractivity contribution is 0.101. The molecule has 1 aromatic heterocycles. The van der Waals surface area contributed by atoms with E-state index in [-0.39, 0.29) is 0 Å². The van der Waals surface area contributed by atoms with Crippen molar-refractivity contribution < 1.29 is 26.7 Å². The molecule has 2 N–H and O–H groups in total. The summed E-state index contributed by atoms with van der Waals surface area (Å²) in [6.07, 6.45) is 0. The van der Waals surface area contributed by atoms with Crippen molar-refractivity contribution in [3.05, 3.63) is 69.1 Å². The van der Waals surface area contributed by atoms with E-state index in [9.17, 15) is 31.5 Å². The van der Waals surface area contributed by atoms with Crippen molar-refractivity contribution in [3.8, 4) is 0 Å². The van der Waals surface area contributed by atoms with Crippen LogP contribution in [-0.2, 0) is 0 Å². The zero-order chi connectivity index (χ0) is 19.2. The maximum Gasteiger partial charge on any atom is 0.202 e. The molecule has 0 spiro atoms. The fourth-order valence-corrected chi connectivity index (χ4v) is 2.50. The number of anilines is 2. The molecule has 0 unspecified atom stereocenters. The highest BCUT2D eigenvalue weighted by Crippen LogP contribution is 2.26. The van der Waals surface area contributed by atoms with Crippen LogP contribution in [0.3, 0.4) is 0 Å². The van der Waals surface area contributed by atoms with Gasteiger partial charge in [-0.1, -0.05) is 0 Å². The van der Waals surface area contributed by atoms with Crippen molar-refractivity contribution in [3.63, 3.8) is 0 Å². The molecule has 134 valence electrons. The van der Waals surface area contributed by atoms with E-state index in [0.29, 0.717) is 12.1 Å². The highest BCUT2D eigenvalue weighted by Gasteiger charge is 2.21. The number of hydrogen-bond acceptors (Lipinski definition) is 3. The van der Waals surface area contributed by atoms with Crippen LogP contribution < -0.4 is 10.7 Å². The van der Waals surface area contributed by atoms with Crippen molar-refractivity contribution in [2.75, 3.05) is 5.32 Å². The van der Waals surface area contributed by atoms with Crippen LogP contribution in [0.5, 0.6) is 0 Å². The van der Waals surface area contributed by atoms with Gasteiger partial charge in [0.25, 0.3) is 0 Å². The fourth-order valence-electron chi connectivity index (χ4n) is 2.50. The van der Waals surface area contributed by atoms with Gasteiger partial charge in [-0.2, -0.15) is 0 Å². The molecule has 0 radical (unpaired) electrons. The molecular weight excluding hydrogens is 359 g/mol. The Bertz CT molecular complexity index is 1120. The van der Waals surface area contributed by atoms with E-state index in [1.807, 2.05) is 0 Å². The summed E-state index contributed by atoms with van der Waals surface area (Å²) >= 11 is 0. The highest BCUT2D eigenvalue weighted by atomic mass is 19.2. The van der Waals surface area contributed by atoms with E-state index < -0.39 is 68.3 Å². The Morgan fingerprint density at radius 3 is 2.35 bits per heavy atom. The first-order valence-corrected chi connectivity index (χ1v) is 7.17. The third-order valence-corrected chi connectivity index (χ3v) is 3.67. The molecule has 0 aliphatic rings. The zero-order valence-electron chi connectivity index (χ0n) is 13.0. The number of H-pyrrole nitrogens is 1. The van der Waals surface area contributed by atoms with Crippen LogP contribution in [0.2, 0.25) is 0 Å². The Labute approximate surface area is 142 Å². The second kappa shape index (κ2) is 6.25. The average Bonchev–Trinajstić information content (AvgIpc) is 2.56. The van der Waals surface area contributed by atoms with Gasteiger partial charge < -0.3 is 10.3 Å². The van der Waals surface area contributed by atoms with Gasteiger partial charge in [0.15, 0.2) is 23.2 Å². The van der Waals surface area contributed by atoms with Gasteiger partial charge in [-0.05, 0) is 25.1 Å². The Balaban J connectivity index is 2.29. The normalized spacial score (nSPS) is 11.0. The van der Waals surface area contributed by atoms with Crippen molar-refractivity contribution in [2.45, 2.75) is 6.92 Å². The van der Waals surface area contributed by atoms with E-state index in [2.05, 4.69) is 10.3 Å². The highest BCUT2D eigenvalue weighted by molar-refractivity contribution is 6.02. The van der Waals surface area contributed by atoms with Crippen LogP contribution in [0.15, 0.2) is 29.1 Å². The molecule has 0 bridgehead atoms. The maximum absolute atomic E-state index is 14.0. The molecule has 9 heteroatoms. The number of aromatic amines is 1. The SMILES string of the molecule is CC(=O)c1c(Nc2ccc(F)c(F)c2F)[nH]c2c(F)cc(F)cc2c1=O. The molecule has 1 heterocycles. The minimum atomic E-state index is -1.77. The smallest absolute Gasteiger partial charge is 0.202 e. The summed E-state index contributed by atoms with van der Waals surface area (Å²) in [6, 6.07) is 2.71. The number of halogens is 5. The first-order valence-electron chi connectivity index (χ1n) is 7.17. The molecule has 0 saturated heterocycles. The van der Waals surface area contributed by atoms with Crippen molar-refractivity contribution in [1.82, 2.24) is 4.98 Å². The predicted molar refractivity (Wildman–Crippen MR) is 84.1 cm³/mol. The lowest BCUT2D eigenvalue weighted by Crippen LogP contribution is -2.18. The van der Waals surface area contributed by atoms with Crippen molar-refractivity contribution in [1.29, 1.82) is 0 Å². The number of carbonyl (C=O) groups is 1. The summed E-state index contributed by atoms with van der Waals surface area (Å²) < 4.78 is 67.6. The molecule has 0 aliphatic carbocycles. The quantitative estimate of drug-likeness (QED) is 0.414. The number of aromatic nitrogens is 1. The van der Waals surface area contributed by atoms with Gasteiger partial charge >= 0.3 is 0 Å². The second-order valence-electron chi connectivity index (χ2n) is 5.42. The van der Waals surface area contributed by atoms with Gasteiger partial charge in [-0.25, -0.2) is 22.0 Å². The topological polar surface area (TPSA) is 62.0 Å². The molecule has 0 amide bonds. The second-order valence-corrected chi connectivity index (χ2v) is 5.42. The number of pyridine rings is 1. The number of fused-ring (bicyclic) bond motifs is 1. The fraction of sp³-hybridized carbons (Fsp3) is 0.0588. The van der Waals surface area contributed by atoms with Gasteiger partial charge in [0.2, 0.25) is 5.43 Å². The third kappa shape index (κ3) is 2.81. The Morgan fingerprint density at radius 2 is 1.69 bits per heavy atom. The minimum absolute atomic E-state index is 0.427. The summed E-state index contributed by atoms with van der Waals surface area (Å²) in [4.78, 5) is 26.6. The monoisotopic (exact) mass is 368 g/mol. The molecule has 0 saturated carbocycles. The predicted octanol–water partition coefficient (Wildman–Crippen LogP) is 4.17. The van der Waals surface area contributed by atoms with E-state index in [0.717, 1.165) is 19.1 Å². The van der Waals surface area contributed by atoms with E-state index in [1.165, 1.54) is 0 Å². The molecule has 4 nitrogen and oxygen atoms in total. The number of ketones is 1. The molecule has 3 rings (SSSR count). The van der Waals surface area contributed by atoms with Gasteiger partial charge in [0.05, 0.1) is 16.6 Å². The van der Waals surface area contributed by atoms with Crippen molar-refractivity contribution >= 4 is 28.2 Å². The molecule has 0 aliphatic heterocycles. The largest absolute Gasteiger partial charge is 0.339 e. The number of hydrogen-bond donors (Lipinski definition) is 2. The van der Waals surface area contributed by atoms with E-state index in [1.54, 1.807) is 0 Å². The lowest BCUT2D eigenvalue weighted by atomic mass is 10.1. The van der Waals surface area contributed by atoms with Crippen LogP contribution in [-0.4, -0.2) is 10.8 Å². The third-order valence-electron chi connectivity index (χ3n) is 3.67. The van der Waals surface area contributed by atoms with Crippen molar-refractivity contribution in [2.24, 2.45) is 0 Å². The van der Waals surface area contributed by atoms with Crippen LogP contribution in [0.4, 0.5) is 33.5 Å². The first kappa shape index (κ1) is 17.6. The summed E-state index contributed by atoms with van der Waals surface area (Å²) in [5.74, 6) is -8.18. The van der Waals surface area contributed by atoms with Gasteiger partial charge in [-0.15, -0.1) is 0 Å². The van der Waals surface area contributed by atoms with E-state index in [4.69, 9.17) is 0 Å². The van der Waals surface area contributed by atoms with Crippen LogP contribution >= 0.6 is 0 Å². The van der Waals surface area contributed by atoms with Crippen LogP contribution in [0.25, 0.3) is 10.9 Å². The zero-order valence-corrected chi connectivity index (χ0v) is 13.0. The first-order chi connectivity index (χ1) is 12.2. The lowest BCUT2D eigenvalue weighted by Gasteiger charge is -2.13. The number of rotatable bonds is 3. The molecular formula is C17H9F5N2O2. The molecule has 3 aromatic rings. The summed E-state index contributed by atoms with van der Waals surface area (Å²) in [6.45, 7) is 1.01. The standard InChI is InChI=1S/C17H9F5N2O2/c1-6(25)12-16(26)8-4-7(18)5-10(20)15(8)24-17(12)23-11-3-2-9(19)13(21)14(11)22/h2-5H,1H3,(H2,23,24,26). The Kier molecular flexibility index (Phi) is 4.23. The summed E-state index contributed by atoms with van der Waals surface area (Å²) in [7, 11) is 0. The molecule has 2 aromatic carbocycles. The maximum atomic E-state index is 14.0.